The van der Waals surface area contributed by atoms with Gasteiger partial charge in [-0.1, -0.05) is 48.5 Å². The van der Waals surface area contributed by atoms with E-state index in [1.54, 1.807) is 6.92 Å². The minimum atomic E-state index is -1.15. The zero-order chi connectivity index (χ0) is 22.5. The summed E-state index contributed by atoms with van der Waals surface area (Å²) >= 11 is 0. The van der Waals surface area contributed by atoms with Gasteiger partial charge in [0.15, 0.2) is 0 Å². The monoisotopic (exact) mass is 426 g/mol. The van der Waals surface area contributed by atoms with Crippen molar-refractivity contribution < 1.29 is 29.0 Å². The number of alkyl carbamates (subject to hydrolysis) is 1. The highest BCUT2D eigenvalue weighted by molar-refractivity contribution is 5.88. The van der Waals surface area contributed by atoms with Crippen LogP contribution in [0.15, 0.2) is 48.5 Å². The molecule has 164 valence electrons. The molecule has 0 fully saturated rings. The number of hydrogen-bond donors (Lipinski definition) is 2. The molecule has 0 spiro atoms. The molecule has 0 aliphatic heterocycles. The number of methoxy groups -OCH3 is 1. The summed E-state index contributed by atoms with van der Waals surface area (Å²) in [4.78, 5) is 37.1. The first-order valence-electron chi connectivity index (χ1n) is 9.94. The van der Waals surface area contributed by atoms with E-state index in [-0.39, 0.29) is 12.5 Å². The molecule has 2 atom stereocenters. The molecule has 2 aromatic rings. The summed E-state index contributed by atoms with van der Waals surface area (Å²) in [5.74, 6) is -1.84. The van der Waals surface area contributed by atoms with Gasteiger partial charge in [-0.2, -0.15) is 0 Å². The predicted octanol–water partition coefficient (Wildman–Crippen LogP) is 2.47. The van der Waals surface area contributed by atoms with E-state index in [4.69, 9.17) is 14.6 Å². The van der Waals surface area contributed by atoms with E-state index >= 15 is 0 Å². The van der Waals surface area contributed by atoms with E-state index in [1.807, 2.05) is 48.5 Å². The van der Waals surface area contributed by atoms with Gasteiger partial charge in [0, 0.05) is 20.1 Å². The fraction of sp³-hybridized carbons (Fsp3) is 0.348. The smallest absolute Gasteiger partial charge is 0.407 e. The molecule has 0 aromatic heterocycles. The highest BCUT2D eigenvalue weighted by atomic mass is 16.5. The maximum atomic E-state index is 12.6. The summed E-state index contributed by atoms with van der Waals surface area (Å²) in [6.07, 6.45) is -1.45. The number of carboxylic acid groups (broad SMARTS) is 1. The minimum Gasteiger partial charge on any atom is -0.480 e. The van der Waals surface area contributed by atoms with E-state index in [0.29, 0.717) is 0 Å². The van der Waals surface area contributed by atoms with Gasteiger partial charge in [-0.15, -0.1) is 0 Å². The Hall–Kier alpha value is -3.39. The van der Waals surface area contributed by atoms with Crippen LogP contribution in [0.5, 0.6) is 0 Å². The quantitative estimate of drug-likeness (QED) is 0.672. The van der Waals surface area contributed by atoms with Crippen LogP contribution in [0.2, 0.25) is 0 Å². The molecule has 0 radical (unpaired) electrons. The third-order valence-electron chi connectivity index (χ3n) is 5.47. The summed E-state index contributed by atoms with van der Waals surface area (Å²) in [7, 11) is 2.76. The first kappa shape index (κ1) is 22.3. The van der Waals surface area contributed by atoms with E-state index in [0.717, 1.165) is 27.2 Å². The molecule has 2 amide bonds. The molecular formula is C23H26N2O6. The summed E-state index contributed by atoms with van der Waals surface area (Å²) in [5.41, 5.74) is 4.39. The van der Waals surface area contributed by atoms with E-state index in [9.17, 15) is 14.4 Å². The number of carbonyl (C=O) groups is 3. The molecule has 0 heterocycles. The zero-order valence-corrected chi connectivity index (χ0v) is 17.7. The van der Waals surface area contributed by atoms with Crippen molar-refractivity contribution in [3.05, 3.63) is 59.7 Å². The lowest BCUT2D eigenvalue weighted by atomic mass is 9.98. The molecule has 1 aliphatic carbocycles. The van der Waals surface area contributed by atoms with Gasteiger partial charge in [-0.3, -0.25) is 9.59 Å². The number of aliphatic carboxylic acids is 1. The number of likely N-dealkylation sites (N-methyl/N-ethyl adjacent to an activating group) is 1. The number of nitrogens with one attached hydrogen (secondary N) is 1. The zero-order valence-electron chi connectivity index (χ0n) is 17.7. The summed E-state index contributed by atoms with van der Waals surface area (Å²) in [6, 6.07) is 14.9. The van der Waals surface area contributed by atoms with Gasteiger partial charge in [0.2, 0.25) is 5.91 Å². The van der Waals surface area contributed by atoms with Crippen LogP contribution in [-0.4, -0.2) is 67.4 Å². The molecule has 1 aliphatic rings. The summed E-state index contributed by atoms with van der Waals surface area (Å²) in [6.45, 7) is 1.23. The molecule has 0 bridgehead atoms. The molecule has 3 rings (SSSR count). The number of carboxylic acids is 1. The molecule has 0 saturated carbocycles. The topological polar surface area (TPSA) is 105 Å². The number of benzene rings is 2. The van der Waals surface area contributed by atoms with E-state index < -0.39 is 36.7 Å². The lowest BCUT2D eigenvalue weighted by Crippen LogP contribution is -2.54. The Balaban J connectivity index is 1.69. The van der Waals surface area contributed by atoms with Crippen molar-refractivity contribution in [3.8, 4) is 11.1 Å². The first-order chi connectivity index (χ1) is 14.8. The molecule has 2 aromatic carbocycles. The number of fused-ring (bicyclic) bond motifs is 3. The highest BCUT2D eigenvalue weighted by Crippen LogP contribution is 2.44. The van der Waals surface area contributed by atoms with Crippen molar-refractivity contribution in [1.29, 1.82) is 0 Å². The SMILES string of the molecule is COC(C)C(NC(=O)OCC1c2ccccc2-c2ccccc21)C(=O)N(C)CC(=O)O. The van der Waals surface area contributed by atoms with Gasteiger partial charge in [-0.25, -0.2) is 4.79 Å². The Labute approximate surface area is 180 Å². The third-order valence-corrected chi connectivity index (χ3v) is 5.47. The highest BCUT2D eigenvalue weighted by Gasteiger charge is 2.32. The molecule has 0 saturated heterocycles. The van der Waals surface area contributed by atoms with Crippen molar-refractivity contribution in [3.63, 3.8) is 0 Å². The number of rotatable bonds is 8. The summed E-state index contributed by atoms with van der Waals surface area (Å²) in [5, 5.41) is 11.4. The molecule has 8 heteroatoms. The second-order valence-electron chi connectivity index (χ2n) is 7.48. The largest absolute Gasteiger partial charge is 0.480 e. The van der Waals surface area contributed by atoms with Gasteiger partial charge in [0.25, 0.3) is 0 Å². The van der Waals surface area contributed by atoms with Crippen LogP contribution < -0.4 is 5.32 Å². The van der Waals surface area contributed by atoms with E-state index in [1.165, 1.54) is 14.2 Å². The normalized spacial score (nSPS) is 14.2. The number of amides is 2. The second-order valence-corrected chi connectivity index (χ2v) is 7.48. The van der Waals surface area contributed by atoms with Crippen LogP contribution in [0.3, 0.4) is 0 Å². The van der Waals surface area contributed by atoms with Crippen LogP contribution in [0, 0.1) is 0 Å². The number of nitrogens with zero attached hydrogens (tertiary/aromatic N) is 1. The van der Waals surface area contributed by atoms with Gasteiger partial charge < -0.3 is 24.8 Å². The number of ether oxygens (including phenoxy) is 2. The first-order valence-corrected chi connectivity index (χ1v) is 9.94. The summed E-state index contributed by atoms with van der Waals surface area (Å²) < 4.78 is 10.7. The van der Waals surface area contributed by atoms with Crippen molar-refractivity contribution in [1.82, 2.24) is 10.2 Å². The maximum absolute atomic E-state index is 12.6. The molecular weight excluding hydrogens is 400 g/mol. The molecule has 8 nitrogen and oxygen atoms in total. The minimum absolute atomic E-state index is 0.104. The Kier molecular flexibility index (Phi) is 6.91. The molecule has 2 N–H and O–H groups in total. The molecule has 31 heavy (non-hydrogen) atoms. The average molecular weight is 426 g/mol. The van der Waals surface area contributed by atoms with Crippen LogP contribution >= 0.6 is 0 Å². The maximum Gasteiger partial charge on any atom is 0.407 e. The average Bonchev–Trinajstić information content (AvgIpc) is 3.08. The molecule has 2 unspecified atom stereocenters. The standard InChI is InChI=1S/C23H26N2O6/c1-14(30-3)21(22(28)25(2)12-20(26)27)24-23(29)31-13-19-17-10-6-4-8-15(17)16-9-5-7-11-18(16)19/h4-11,14,19,21H,12-13H2,1-3H3,(H,24,29)(H,26,27). The van der Waals surface area contributed by atoms with Crippen LogP contribution in [0.4, 0.5) is 4.79 Å². The number of hydrogen-bond acceptors (Lipinski definition) is 5. The van der Waals surface area contributed by atoms with Gasteiger partial charge in [0.1, 0.15) is 19.2 Å². The Morgan fingerprint density at radius 3 is 2.13 bits per heavy atom. The lowest BCUT2D eigenvalue weighted by Gasteiger charge is -2.27. The van der Waals surface area contributed by atoms with E-state index in [2.05, 4.69) is 5.32 Å². The van der Waals surface area contributed by atoms with Gasteiger partial charge >= 0.3 is 12.1 Å². The fourth-order valence-electron chi connectivity index (χ4n) is 3.80. The third kappa shape index (κ3) is 4.86. The Morgan fingerprint density at radius 1 is 1.06 bits per heavy atom. The van der Waals surface area contributed by atoms with Gasteiger partial charge in [0.05, 0.1) is 6.10 Å². The Morgan fingerprint density at radius 2 is 1.61 bits per heavy atom. The fourth-order valence-corrected chi connectivity index (χ4v) is 3.80. The van der Waals surface area contributed by atoms with Crippen molar-refractivity contribution >= 4 is 18.0 Å². The van der Waals surface area contributed by atoms with Crippen LogP contribution in [0.1, 0.15) is 24.0 Å². The van der Waals surface area contributed by atoms with Crippen molar-refractivity contribution in [2.75, 3.05) is 27.3 Å². The van der Waals surface area contributed by atoms with Crippen LogP contribution in [0.25, 0.3) is 11.1 Å². The second kappa shape index (κ2) is 9.61. The number of carbonyl (C=O) groups excluding carboxylic acids is 2. The predicted molar refractivity (Wildman–Crippen MR) is 114 cm³/mol. The van der Waals surface area contributed by atoms with Crippen molar-refractivity contribution in [2.24, 2.45) is 0 Å². The van der Waals surface area contributed by atoms with Crippen molar-refractivity contribution in [2.45, 2.75) is 25.0 Å². The van der Waals surface area contributed by atoms with Crippen LogP contribution in [-0.2, 0) is 19.1 Å². The lowest BCUT2D eigenvalue weighted by molar-refractivity contribution is -0.145. The van der Waals surface area contributed by atoms with Gasteiger partial charge in [-0.05, 0) is 29.2 Å². The Bertz CT molecular complexity index is 931.